The van der Waals surface area contributed by atoms with Crippen LogP contribution in [-0.2, 0) is 4.79 Å². The molecule has 1 aliphatic heterocycles. The van der Waals surface area contributed by atoms with Crippen LogP contribution in [0.25, 0.3) is 0 Å². The van der Waals surface area contributed by atoms with Crippen molar-refractivity contribution in [3.05, 3.63) is 12.4 Å². The summed E-state index contributed by atoms with van der Waals surface area (Å²) < 4.78 is 0. The minimum atomic E-state index is -0.00116. The van der Waals surface area contributed by atoms with Gasteiger partial charge < -0.3 is 11.1 Å². The van der Waals surface area contributed by atoms with Crippen molar-refractivity contribution in [2.24, 2.45) is 5.73 Å². The van der Waals surface area contributed by atoms with E-state index in [2.05, 4.69) is 11.9 Å². The van der Waals surface area contributed by atoms with E-state index in [-0.39, 0.29) is 5.91 Å². The van der Waals surface area contributed by atoms with Crippen LogP contribution >= 0.6 is 0 Å². The predicted molar refractivity (Wildman–Crippen MR) is 37.9 cm³/mol. The number of hydrogen-bond acceptors (Lipinski definition) is 3. The van der Waals surface area contributed by atoms with E-state index < -0.39 is 0 Å². The molecule has 1 amide bonds. The van der Waals surface area contributed by atoms with Crippen LogP contribution in [0, 0.1) is 0 Å². The molecule has 0 saturated carbocycles. The molecule has 4 heteroatoms. The Morgan fingerprint density at radius 3 is 2.90 bits per heavy atom. The van der Waals surface area contributed by atoms with E-state index in [9.17, 15) is 4.79 Å². The van der Waals surface area contributed by atoms with E-state index in [1.807, 2.05) is 0 Å². The highest BCUT2D eigenvalue weighted by atomic mass is 16.2. The first kappa shape index (κ1) is 7.08. The van der Waals surface area contributed by atoms with Gasteiger partial charge >= 0.3 is 0 Å². The normalized spacial score (nSPS) is 19.2. The first-order chi connectivity index (χ1) is 4.72. The van der Waals surface area contributed by atoms with Crippen molar-refractivity contribution in [1.82, 2.24) is 10.2 Å². The number of nitrogens with two attached hydrogens (primary N) is 1. The number of nitrogens with one attached hydrogen (secondary N) is 1. The van der Waals surface area contributed by atoms with Crippen LogP contribution < -0.4 is 11.1 Å². The van der Waals surface area contributed by atoms with Crippen molar-refractivity contribution >= 4 is 5.91 Å². The Morgan fingerprint density at radius 2 is 2.50 bits per heavy atom. The molecule has 1 heterocycles. The van der Waals surface area contributed by atoms with Crippen LogP contribution in [0.5, 0.6) is 0 Å². The highest BCUT2D eigenvalue weighted by Crippen LogP contribution is 1.97. The summed E-state index contributed by atoms with van der Waals surface area (Å²) in [6, 6.07) is 0. The van der Waals surface area contributed by atoms with Crippen LogP contribution in [0.3, 0.4) is 0 Å². The second-order valence-corrected chi connectivity index (χ2v) is 2.21. The maximum atomic E-state index is 11.0. The van der Waals surface area contributed by atoms with Gasteiger partial charge in [0.25, 0.3) is 0 Å². The lowest BCUT2D eigenvalue weighted by atomic mass is 10.3. The first-order valence-corrected chi connectivity index (χ1v) is 3.17. The smallest absolute Gasteiger partial charge is 0.242 e. The van der Waals surface area contributed by atoms with Gasteiger partial charge in [-0.1, -0.05) is 6.58 Å². The molecule has 4 nitrogen and oxygen atoms in total. The standard InChI is InChI=1S/C6H11N3O/c1-5(7)9-3-2-8-4-6(9)10/h8H,1-4,7H2. The van der Waals surface area contributed by atoms with Gasteiger partial charge in [-0.3, -0.25) is 9.69 Å². The van der Waals surface area contributed by atoms with Crippen molar-refractivity contribution in [2.75, 3.05) is 19.6 Å². The van der Waals surface area contributed by atoms with Crippen LogP contribution in [0.2, 0.25) is 0 Å². The molecule has 0 aliphatic carbocycles. The second kappa shape index (κ2) is 2.70. The Labute approximate surface area is 59.7 Å². The third kappa shape index (κ3) is 1.27. The number of rotatable bonds is 1. The number of carbonyl (C=O) groups excluding carboxylic acids is 1. The Bertz CT molecular complexity index is 166. The van der Waals surface area contributed by atoms with Crippen molar-refractivity contribution in [3.63, 3.8) is 0 Å². The van der Waals surface area contributed by atoms with E-state index in [1.54, 1.807) is 0 Å². The monoisotopic (exact) mass is 141 g/mol. The van der Waals surface area contributed by atoms with Crippen LogP contribution in [-0.4, -0.2) is 30.4 Å². The highest BCUT2D eigenvalue weighted by Gasteiger charge is 2.17. The Morgan fingerprint density at radius 1 is 1.80 bits per heavy atom. The zero-order valence-corrected chi connectivity index (χ0v) is 5.76. The van der Waals surface area contributed by atoms with Gasteiger partial charge in [0.2, 0.25) is 5.91 Å². The summed E-state index contributed by atoms with van der Waals surface area (Å²) in [5, 5.41) is 2.93. The van der Waals surface area contributed by atoms with E-state index in [1.165, 1.54) is 4.90 Å². The van der Waals surface area contributed by atoms with E-state index >= 15 is 0 Å². The van der Waals surface area contributed by atoms with Crippen LogP contribution in [0.1, 0.15) is 0 Å². The fourth-order valence-corrected chi connectivity index (χ4v) is 0.910. The summed E-state index contributed by atoms with van der Waals surface area (Å²) in [6.07, 6.45) is 0. The third-order valence-corrected chi connectivity index (χ3v) is 1.44. The van der Waals surface area contributed by atoms with Gasteiger partial charge in [0.05, 0.1) is 12.4 Å². The highest BCUT2D eigenvalue weighted by molar-refractivity contribution is 5.80. The molecule has 10 heavy (non-hydrogen) atoms. The molecule has 1 fully saturated rings. The molecular weight excluding hydrogens is 130 g/mol. The molecule has 0 radical (unpaired) electrons. The van der Waals surface area contributed by atoms with Gasteiger partial charge in [0.1, 0.15) is 0 Å². The molecule has 0 aromatic rings. The number of carbonyl (C=O) groups is 1. The molecule has 3 N–H and O–H groups in total. The average Bonchev–Trinajstić information content (AvgIpc) is 1.88. The lowest BCUT2D eigenvalue weighted by molar-refractivity contribution is -0.129. The van der Waals surface area contributed by atoms with E-state index in [0.717, 1.165) is 6.54 Å². The summed E-state index contributed by atoms with van der Waals surface area (Å²) in [5.41, 5.74) is 5.34. The fraction of sp³-hybridized carbons (Fsp3) is 0.500. The van der Waals surface area contributed by atoms with Gasteiger partial charge in [-0.05, 0) is 0 Å². The molecule has 0 aromatic heterocycles. The molecular formula is C6H11N3O. The van der Waals surface area contributed by atoms with Gasteiger partial charge in [-0.15, -0.1) is 0 Å². The zero-order valence-electron chi connectivity index (χ0n) is 5.76. The minimum absolute atomic E-state index is 0.00116. The molecule has 0 spiro atoms. The number of piperazine rings is 1. The maximum Gasteiger partial charge on any atom is 0.242 e. The Hall–Kier alpha value is -1.03. The first-order valence-electron chi connectivity index (χ1n) is 3.17. The van der Waals surface area contributed by atoms with Gasteiger partial charge in [-0.25, -0.2) is 0 Å². The summed E-state index contributed by atoms with van der Waals surface area (Å²) in [5.74, 6) is 0.338. The number of hydrogen-bond donors (Lipinski definition) is 2. The van der Waals surface area contributed by atoms with Gasteiger partial charge in [-0.2, -0.15) is 0 Å². The van der Waals surface area contributed by atoms with Crippen molar-refractivity contribution < 1.29 is 4.79 Å². The summed E-state index contributed by atoms with van der Waals surface area (Å²) >= 11 is 0. The predicted octanol–water partition coefficient (Wildman–Crippen LogP) is -1.15. The van der Waals surface area contributed by atoms with Crippen molar-refractivity contribution in [1.29, 1.82) is 0 Å². The minimum Gasteiger partial charge on any atom is -0.386 e. The van der Waals surface area contributed by atoms with Crippen LogP contribution in [0.4, 0.5) is 0 Å². The van der Waals surface area contributed by atoms with Gasteiger partial charge in [0.15, 0.2) is 0 Å². The number of nitrogens with zero attached hydrogens (tertiary/aromatic N) is 1. The molecule has 1 rings (SSSR count). The lowest BCUT2D eigenvalue weighted by Crippen LogP contribution is -2.48. The van der Waals surface area contributed by atoms with Crippen molar-refractivity contribution in [2.45, 2.75) is 0 Å². The molecule has 56 valence electrons. The molecule has 0 unspecified atom stereocenters. The SMILES string of the molecule is C=C(N)N1CCNCC1=O. The Balaban J connectivity index is 2.56. The third-order valence-electron chi connectivity index (χ3n) is 1.44. The van der Waals surface area contributed by atoms with E-state index in [4.69, 9.17) is 5.73 Å². The second-order valence-electron chi connectivity index (χ2n) is 2.21. The molecule has 0 bridgehead atoms. The quantitative estimate of drug-likeness (QED) is 0.484. The zero-order chi connectivity index (χ0) is 7.56. The molecule has 0 aromatic carbocycles. The lowest BCUT2D eigenvalue weighted by Gasteiger charge is -2.26. The fourth-order valence-electron chi connectivity index (χ4n) is 0.910. The summed E-state index contributed by atoms with van der Waals surface area (Å²) in [4.78, 5) is 12.4. The summed E-state index contributed by atoms with van der Waals surface area (Å²) in [6.45, 7) is 5.28. The number of amides is 1. The largest absolute Gasteiger partial charge is 0.386 e. The van der Waals surface area contributed by atoms with E-state index in [0.29, 0.717) is 18.9 Å². The average molecular weight is 141 g/mol. The molecule has 0 atom stereocenters. The molecule has 1 saturated heterocycles. The molecule has 1 aliphatic rings. The summed E-state index contributed by atoms with van der Waals surface area (Å²) in [7, 11) is 0. The van der Waals surface area contributed by atoms with Crippen molar-refractivity contribution in [3.8, 4) is 0 Å². The topological polar surface area (TPSA) is 58.4 Å². The van der Waals surface area contributed by atoms with Crippen LogP contribution in [0.15, 0.2) is 12.4 Å². The Kier molecular flexibility index (Phi) is 1.91. The maximum absolute atomic E-state index is 11.0. The van der Waals surface area contributed by atoms with Gasteiger partial charge in [0, 0.05) is 13.1 Å².